The molecule has 0 heterocycles. The highest BCUT2D eigenvalue weighted by Gasteiger charge is 2.25. The van der Waals surface area contributed by atoms with Crippen molar-refractivity contribution in [1.29, 1.82) is 5.26 Å². The Morgan fingerprint density at radius 1 is 1.44 bits per heavy atom. The van der Waals surface area contributed by atoms with E-state index in [9.17, 15) is 17.2 Å². The second-order valence-corrected chi connectivity index (χ2v) is 6.30. The van der Waals surface area contributed by atoms with Gasteiger partial charge in [-0.2, -0.15) is 5.26 Å². The standard InChI is InChI=1S/C8H3ClF2INO2S/c9-16(14,15)5-2-1-4(3-13)7(12)6(5)8(10)11/h1-2,8H. The van der Waals surface area contributed by atoms with Crippen molar-refractivity contribution in [1.82, 2.24) is 0 Å². The smallest absolute Gasteiger partial charge is 0.207 e. The second kappa shape index (κ2) is 4.81. The van der Waals surface area contributed by atoms with E-state index in [0.717, 1.165) is 12.1 Å². The van der Waals surface area contributed by atoms with E-state index in [1.54, 1.807) is 6.07 Å². The molecule has 16 heavy (non-hydrogen) atoms. The summed E-state index contributed by atoms with van der Waals surface area (Å²) in [6, 6.07) is 3.74. The first-order chi connectivity index (χ1) is 7.29. The summed E-state index contributed by atoms with van der Waals surface area (Å²) < 4.78 is 47.4. The highest BCUT2D eigenvalue weighted by molar-refractivity contribution is 14.1. The number of hydrogen-bond donors (Lipinski definition) is 0. The van der Waals surface area contributed by atoms with Gasteiger partial charge in [0.1, 0.15) is 6.07 Å². The van der Waals surface area contributed by atoms with Crippen molar-refractivity contribution >= 4 is 42.3 Å². The van der Waals surface area contributed by atoms with Gasteiger partial charge in [0.25, 0.3) is 15.5 Å². The molecule has 0 aromatic heterocycles. The van der Waals surface area contributed by atoms with Gasteiger partial charge in [-0.05, 0) is 34.7 Å². The maximum absolute atomic E-state index is 12.7. The number of rotatable bonds is 2. The predicted molar refractivity (Wildman–Crippen MR) is 61.9 cm³/mol. The zero-order valence-electron chi connectivity index (χ0n) is 7.42. The Kier molecular flexibility index (Phi) is 4.09. The first-order valence-corrected chi connectivity index (χ1v) is 7.13. The number of nitriles is 1. The quantitative estimate of drug-likeness (QED) is 0.588. The first-order valence-electron chi connectivity index (χ1n) is 3.74. The number of halogens is 4. The van der Waals surface area contributed by atoms with Crippen LogP contribution in [-0.2, 0) is 9.05 Å². The predicted octanol–water partition coefficient (Wildman–Crippen LogP) is 3.03. The van der Waals surface area contributed by atoms with Crippen LogP contribution in [0.2, 0.25) is 0 Å². The van der Waals surface area contributed by atoms with E-state index in [4.69, 9.17) is 15.9 Å². The Bertz CT molecular complexity index is 568. The third-order valence-corrected chi connectivity index (χ3v) is 4.28. The highest BCUT2D eigenvalue weighted by Crippen LogP contribution is 2.34. The SMILES string of the molecule is N#Cc1ccc(S(=O)(=O)Cl)c(C(F)F)c1I. The van der Waals surface area contributed by atoms with Crippen LogP contribution in [0.25, 0.3) is 0 Å². The van der Waals surface area contributed by atoms with E-state index in [-0.39, 0.29) is 9.13 Å². The number of hydrogen-bond acceptors (Lipinski definition) is 3. The summed E-state index contributed by atoms with van der Waals surface area (Å²) in [6.07, 6.45) is -3.01. The van der Waals surface area contributed by atoms with E-state index >= 15 is 0 Å². The van der Waals surface area contributed by atoms with Gasteiger partial charge in [-0.1, -0.05) is 0 Å². The minimum atomic E-state index is -4.25. The van der Waals surface area contributed by atoms with Crippen LogP contribution in [0.3, 0.4) is 0 Å². The Hall–Kier alpha value is -0.460. The van der Waals surface area contributed by atoms with Gasteiger partial charge < -0.3 is 0 Å². The van der Waals surface area contributed by atoms with Crippen molar-refractivity contribution in [2.75, 3.05) is 0 Å². The Labute approximate surface area is 109 Å². The Morgan fingerprint density at radius 2 is 2.00 bits per heavy atom. The summed E-state index contributed by atoms with van der Waals surface area (Å²) >= 11 is 1.50. The van der Waals surface area contributed by atoms with E-state index in [2.05, 4.69) is 0 Å². The monoisotopic (exact) mass is 377 g/mol. The van der Waals surface area contributed by atoms with E-state index in [0.29, 0.717) is 0 Å². The lowest BCUT2D eigenvalue weighted by Gasteiger charge is -2.09. The number of nitrogens with zero attached hydrogens (tertiary/aromatic N) is 1. The Morgan fingerprint density at radius 3 is 2.38 bits per heavy atom. The molecule has 0 fully saturated rings. The molecule has 3 nitrogen and oxygen atoms in total. The average Bonchev–Trinajstić information content (AvgIpc) is 2.15. The van der Waals surface area contributed by atoms with Crippen molar-refractivity contribution < 1.29 is 17.2 Å². The van der Waals surface area contributed by atoms with Gasteiger partial charge in [-0.15, -0.1) is 0 Å². The number of benzene rings is 1. The molecule has 0 N–H and O–H groups in total. The van der Waals surface area contributed by atoms with Crippen molar-refractivity contribution in [3.8, 4) is 6.07 Å². The van der Waals surface area contributed by atoms with Crippen molar-refractivity contribution in [3.63, 3.8) is 0 Å². The molecule has 0 atom stereocenters. The fourth-order valence-electron chi connectivity index (χ4n) is 1.08. The fraction of sp³-hybridized carbons (Fsp3) is 0.125. The largest absolute Gasteiger partial charge is 0.266 e. The third kappa shape index (κ3) is 2.61. The number of alkyl halides is 2. The van der Waals surface area contributed by atoms with Gasteiger partial charge in [0.2, 0.25) is 0 Å². The van der Waals surface area contributed by atoms with Gasteiger partial charge in [0.15, 0.2) is 0 Å². The molecule has 8 heteroatoms. The van der Waals surface area contributed by atoms with Crippen LogP contribution >= 0.6 is 33.3 Å². The zero-order valence-corrected chi connectivity index (χ0v) is 11.1. The molecule has 1 rings (SSSR count). The molecular formula is C8H3ClF2INO2S. The van der Waals surface area contributed by atoms with Crippen LogP contribution in [0, 0.1) is 14.9 Å². The van der Waals surface area contributed by atoms with Gasteiger partial charge in [0.05, 0.1) is 16.0 Å². The molecule has 0 bridgehead atoms. The van der Waals surface area contributed by atoms with E-state index in [1.807, 2.05) is 0 Å². The molecule has 86 valence electrons. The third-order valence-electron chi connectivity index (χ3n) is 1.74. The van der Waals surface area contributed by atoms with Crippen LogP contribution < -0.4 is 0 Å². The Balaban J connectivity index is 3.69. The van der Waals surface area contributed by atoms with Gasteiger partial charge in [0, 0.05) is 14.3 Å². The topological polar surface area (TPSA) is 57.9 Å². The molecule has 0 saturated carbocycles. The molecule has 1 aromatic carbocycles. The summed E-state index contributed by atoms with van der Waals surface area (Å²) in [5.41, 5.74) is -0.741. The van der Waals surface area contributed by atoms with Crippen LogP contribution in [0.5, 0.6) is 0 Å². The molecular weight excluding hydrogens is 375 g/mol. The lowest BCUT2D eigenvalue weighted by atomic mass is 10.1. The summed E-state index contributed by atoms with van der Waals surface area (Å²) in [6.45, 7) is 0. The lowest BCUT2D eigenvalue weighted by molar-refractivity contribution is 0.147. The fourth-order valence-corrected chi connectivity index (χ4v) is 3.17. The molecule has 1 aromatic rings. The van der Waals surface area contributed by atoms with Crippen molar-refractivity contribution in [3.05, 3.63) is 26.8 Å². The lowest BCUT2D eigenvalue weighted by Crippen LogP contribution is -2.03. The van der Waals surface area contributed by atoms with Crippen molar-refractivity contribution in [2.24, 2.45) is 0 Å². The second-order valence-electron chi connectivity index (χ2n) is 2.69. The van der Waals surface area contributed by atoms with Crippen LogP contribution in [0.4, 0.5) is 8.78 Å². The summed E-state index contributed by atoms with van der Waals surface area (Å²) in [5.74, 6) is 0. The van der Waals surface area contributed by atoms with E-state index < -0.39 is 25.9 Å². The van der Waals surface area contributed by atoms with Crippen LogP contribution in [0.15, 0.2) is 17.0 Å². The first kappa shape index (κ1) is 13.6. The zero-order chi connectivity index (χ0) is 12.5. The molecule has 0 aliphatic heterocycles. The molecule has 0 saturated heterocycles. The van der Waals surface area contributed by atoms with Crippen molar-refractivity contribution in [2.45, 2.75) is 11.3 Å². The minimum Gasteiger partial charge on any atom is -0.207 e. The normalized spacial score (nSPS) is 11.5. The molecule has 0 amide bonds. The summed E-state index contributed by atoms with van der Waals surface area (Å²) in [4.78, 5) is -0.660. The molecule has 0 aliphatic rings. The van der Waals surface area contributed by atoms with Gasteiger partial charge in [-0.3, -0.25) is 0 Å². The van der Waals surface area contributed by atoms with Crippen LogP contribution in [0.1, 0.15) is 17.6 Å². The van der Waals surface area contributed by atoms with E-state index in [1.165, 1.54) is 22.6 Å². The average molecular weight is 378 g/mol. The molecule has 0 radical (unpaired) electrons. The maximum Gasteiger partial charge on any atom is 0.266 e. The molecule has 0 aliphatic carbocycles. The molecule has 0 spiro atoms. The van der Waals surface area contributed by atoms with Gasteiger partial charge in [-0.25, -0.2) is 17.2 Å². The summed E-state index contributed by atoms with van der Waals surface area (Å²) in [5, 5.41) is 8.64. The molecule has 0 unspecified atom stereocenters. The summed E-state index contributed by atoms with van der Waals surface area (Å²) in [7, 11) is 0.780. The maximum atomic E-state index is 12.7. The highest BCUT2D eigenvalue weighted by atomic mass is 127. The van der Waals surface area contributed by atoms with Crippen LogP contribution in [-0.4, -0.2) is 8.42 Å². The minimum absolute atomic E-state index is 0.0139. The van der Waals surface area contributed by atoms with Gasteiger partial charge >= 0.3 is 0 Å².